The maximum absolute atomic E-state index is 13.3. The molecule has 0 aromatic heterocycles. The highest BCUT2D eigenvalue weighted by Gasteiger charge is 2.35. The molecular formula is C42H70IN5O18. The number of halogens is 1. The topological polar surface area (TPSA) is 262 Å². The van der Waals surface area contributed by atoms with E-state index in [0.717, 1.165) is 8.47 Å². The van der Waals surface area contributed by atoms with Crippen LogP contribution in [0.15, 0.2) is 18.2 Å². The number of carbonyl (C=O) groups is 5. The molecule has 0 saturated carbocycles. The van der Waals surface area contributed by atoms with Crippen molar-refractivity contribution in [3.63, 3.8) is 0 Å². The van der Waals surface area contributed by atoms with Crippen LogP contribution in [0.4, 0.5) is 10.5 Å². The van der Waals surface area contributed by atoms with Gasteiger partial charge in [-0.2, -0.15) is 0 Å². The number of carbonyl (C=O) groups excluding carboxylic acids is 5. The third-order valence-corrected chi connectivity index (χ3v) is 9.51. The average molecular weight is 1060 g/mol. The maximum atomic E-state index is 13.3. The Bertz CT molecular complexity index is 1490. The van der Waals surface area contributed by atoms with E-state index in [2.05, 4.69) is 33.2 Å². The van der Waals surface area contributed by atoms with E-state index in [1.165, 1.54) is 12.0 Å². The molecule has 378 valence electrons. The summed E-state index contributed by atoms with van der Waals surface area (Å²) in [5.74, 6) is -2.26. The van der Waals surface area contributed by atoms with E-state index >= 15 is 0 Å². The molecule has 1 heterocycles. The molecule has 1 aliphatic heterocycles. The van der Waals surface area contributed by atoms with Gasteiger partial charge in [-0.25, -0.2) is 9.69 Å². The number of methoxy groups -OCH3 is 2. The lowest BCUT2D eigenvalue weighted by Crippen LogP contribution is -2.57. The number of urea groups is 1. The molecule has 23 nitrogen and oxygen atoms in total. The number of primary amides is 1. The zero-order chi connectivity index (χ0) is 47.9. The van der Waals surface area contributed by atoms with Gasteiger partial charge in [-0.1, -0.05) is 0 Å². The number of ether oxygens (including phenoxy) is 13. The van der Waals surface area contributed by atoms with Gasteiger partial charge >= 0.3 is 6.03 Å². The third kappa shape index (κ3) is 28.7. The van der Waals surface area contributed by atoms with E-state index in [0.29, 0.717) is 144 Å². The zero-order valence-corrected chi connectivity index (χ0v) is 40.5. The first-order valence-electron chi connectivity index (χ1n) is 21.8. The summed E-state index contributed by atoms with van der Waals surface area (Å²) < 4.78 is 71.1. The molecule has 6 amide bonds. The molecule has 1 saturated heterocycles. The molecule has 1 aromatic rings. The second-order valence-corrected chi connectivity index (χ2v) is 15.0. The molecule has 0 bridgehead atoms. The number of hydrogen-bond donors (Lipinski definition) is 3. The second-order valence-electron chi connectivity index (χ2n) is 13.8. The van der Waals surface area contributed by atoms with Gasteiger partial charge in [0.2, 0.25) is 23.6 Å². The van der Waals surface area contributed by atoms with Crippen LogP contribution in [0.3, 0.4) is 0 Å². The molecule has 1 aromatic carbocycles. The van der Waals surface area contributed by atoms with Crippen molar-refractivity contribution < 1.29 is 85.6 Å². The summed E-state index contributed by atoms with van der Waals surface area (Å²) in [6.07, 6.45) is -0.610. The predicted octanol–water partition coefficient (Wildman–Crippen LogP) is 0.112. The number of rotatable bonds is 44. The lowest BCUT2D eigenvalue weighted by Gasteiger charge is -2.35. The van der Waals surface area contributed by atoms with Crippen LogP contribution >= 0.6 is 22.6 Å². The highest BCUT2D eigenvalue weighted by atomic mass is 127. The summed E-state index contributed by atoms with van der Waals surface area (Å²) in [6, 6.07) is 3.28. The number of amides is 6. The first-order valence-corrected chi connectivity index (χ1v) is 22.9. The molecule has 66 heavy (non-hydrogen) atoms. The van der Waals surface area contributed by atoms with Crippen molar-refractivity contribution in [1.29, 1.82) is 0 Å². The highest BCUT2D eigenvalue weighted by molar-refractivity contribution is 14.1. The Balaban J connectivity index is 1.37. The molecule has 0 unspecified atom stereocenters. The minimum Gasteiger partial charge on any atom is -0.495 e. The number of anilines is 1. The van der Waals surface area contributed by atoms with Crippen molar-refractivity contribution >= 4 is 57.9 Å². The molecule has 4 N–H and O–H groups in total. The van der Waals surface area contributed by atoms with E-state index in [1.807, 2.05) is 6.07 Å². The third-order valence-electron chi connectivity index (χ3n) is 8.84. The first-order chi connectivity index (χ1) is 32.2. The molecule has 0 spiro atoms. The van der Waals surface area contributed by atoms with E-state index in [9.17, 15) is 24.0 Å². The molecular weight excluding hydrogens is 989 g/mol. The number of imide groups is 1. The fourth-order valence-corrected chi connectivity index (χ4v) is 5.98. The Morgan fingerprint density at radius 3 is 1.44 bits per heavy atom. The summed E-state index contributed by atoms with van der Waals surface area (Å²) in [6.45, 7) is 9.46. The summed E-state index contributed by atoms with van der Waals surface area (Å²) >= 11 is 2.10. The zero-order valence-electron chi connectivity index (χ0n) is 38.3. The van der Waals surface area contributed by atoms with Gasteiger partial charge in [0.25, 0.3) is 0 Å². The van der Waals surface area contributed by atoms with Crippen LogP contribution in [0.25, 0.3) is 0 Å². The summed E-state index contributed by atoms with van der Waals surface area (Å²) in [5, 5.41) is 4.92. The monoisotopic (exact) mass is 1060 g/mol. The second kappa shape index (κ2) is 39.6. The van der Waals surface area contributed by atoms with Gasteiger partial charge in [0, 0.05) is 30.1 Å². The van der Waals surface area contributed by atoms with Crippen LogP contribution < -0.4 is 26.0 Å². The van der Waals surface area contributed by atoms with Crippen LogP contribution in [0, 0.1) is 3.57 Å². The number of nitrogens with two attached hydrogens (primary N) is 1. The Labute approximate surface area is 400 Å². The van der Waals surface area contributed by atoms with Crippen molar-refractivity contribution in [1.82, 2.24) is 15.5 Å². The molecule has 1 atom stereocenters. The SMILES string of the molecule is COCCOCCOCCOCCOCCOCCOCCOCCOCCOCCOCCOCCC(=O)N[C@@H](CC(N)=O)C(=O)NCN1C(=O)CCN(c2cc(I)ccc2OC)C1=O. The molecule has 0 aliphatic carbocycles. The molecule has 0 radical (unpaired) electrons. The highest BCUT2D eigenvalue weighted by Crippen LogP contribution is 2.32. The maximum Gasteiger partial charge on any atom is 0.332 e. The van der Waals surface area contributed by atoms with Crippen molar-refractivity contribution in [2.75, 3.05) is 184 Å². The van der Waals surface area contributed by atoms with Gasteiger partial charge in [0.1, 0.15) is 18.5 Å². The van der Waals surface area contributed by atoms with Gasteiger partial charge in [0.05, 0.1) is 171 Å². The normalized spacial score (nSPS) is 13.3. The Kier molecular flexibility index (Phi) is 35.2. The van der Waals surface area contributed by atoms with Crippen molar-refractivity contribution in [3.05, 3.63) is 21.8 Å². The van der Waals surface area contributed by atoms with Crippen LogP contribution in [0.1, 0.15) is 19.3 Å². The van der Waals surface area contributed by atoms with Crippen molar-refractivity contribution in [3.8, 4) is 5.75 Å². The van der Waals surface area contributed by atoms with Gasteiger partial charge < -0.3 is 77.9 Å². The van der Waals surface area contributed by atoms with Gasteiger partial charge in [-0.15, -0.1) is 0 Å². The summed E-state index contributed by atoms with van der Waals surface area (Å²) in [4.78, 5) is 65.5. The quantitative estimate of drug-likeness (QED) is 0.0579. The van der Waals surface area contributed by atoms with E-state index in [1.54, 1.807) is 19.2 Å². The average Bonchev–Trinajstić information content (AvgIpc) is 3.29. The van der Waals surface area contributed by atoms with Crippen LogP contribution in [-0.2, 0) is 76.0 Å². The Morgan fingerprint density at radius 1 is 0.636 bits per heavy atom. The Hall–Kier alpha value is -3.38. The number of nitrogens with one attached hydrogen (secondary N) is 2. The number of nitrogens with zero attached hydrogens (tertiary/aromatic N) is 2. The van der Waals surface area contributed by atoms with Gasteiger partial charge in [-0.05, 0) is 40.8 Å². The van der Waals surface area contributed by atoms with Crippen LogP contribution in [0.2, 0.25) is 0 Å². The van der Waals surface area contributed by atoms with Gasteiger partial charge in [0.15, 0.2) is 0 Å². The molecule has 24 heteroatoms. The van der Waals surface area contributed by atoms with Crippen LogP contribution in [0.5, 0.6) is 5.75 Å². The fraction of sp³-hybridized carbons (Fsp3) is 0.738. The van der Waals surface area contributed by atoms with E-state index in [4.69, 9.17) is 67.3 Å². The lowest BCUT2D eigenvalue weighted by molar-refractivity contribution is -0.134. The summed E-state index contributed by atoms with van der Waals surface area (Å²) in [7, 11) is 3.10. The molecule has 2 rings (SSSR count). The van der Waals surface area contributed by atoms with Crippen LogP contribution in [-0.4, -0.2) is 220 Å². The van der Waals surface area contributed by atoms with Gasteiger partial charge in [-0.3, -0.25) is 24.1 Å². The lowest BCUT2D eigenvalue weighted by atomic mass is 10.1. The minimum absolute atomic E-state index is 0.00429. The smallest absolute Gasteiger partial charge is 0.332 e. The first kappa shape index (κ1) is 58.7. The number of benzene rings is 1. The molecule has 1 fully saturated rings. The minimum atomic E-state index is -1.34. The van der Waals surface area contributed by atoms with E-state index < -0.39 is 48.8 Å². The number of hydrogen-bond acceptors (Lipinski definition) is 18. The Morgan fingerprint density at radius 2 is 1.05 bits per heavy atom. The summed E-state index contributed by atoms with van der Waals surface area (Å²) in [5.41, 5.74) is 5.79. The van der Waals surface area contributed by atoms with Crippen molar-refractivity contribution in [2.24, 2.45) is 5.73 Å². The van der Waals surface area contributed by atoms with E-state index in [-0.39, 0.29) is 39.2 Å². The standard InChI is InChI=1S/C42H70IN5O18/c1-54-9-10-57-13-14-59-17-18-61-21-22-63-25-26-65-29-30-66-28-27-64-24-23-62-20-19-60-16-15-58-12-11-56-8-6-39(50)46-35(32-38(44)49)41(52)45-33-48-40(51)5-7-47(42(48)53)36-31-34(43)3-4-37(36)55-2/h3-4,31,35H,5-30,32-33H2,1-2H3,(H2,44,49)(H,45,52)(H,46,50)/t35-/m0/s1. The molecule has 1 aliphatic rings. The van der Waals surface area contributed by atoms with Crippen molar-refractivity contribution in [2.45, 2.75) is 25.3 Å². The largest absolute Gasteiger partial charge is 0.495 e. The fourth-order valence-electron chi connectivity index (χ4n) is 5.51. The predicted molar refractivity (Wildman–Crippen MR) is 244 cm³/mol.